The average molecular weight is 203 g/mol. The van der Waals surface area contributed by atoms with Crippen molar-refractivity contribution < 1.29 is 19.8 Å². The zero-order valence-electron chi connectivity index (χ0n) is 8.73. The first kappa shape index (κ1) is 12.9. The van der Waals surface area contributed by atoms with E-state index in [9.17, 15) is 14.7 Å². The molecule has 5 heteroatoms. The van der Waals surface area contributed by atoms with E-state index in [4.69, 9.17) is 5.11 Å². The maximum atomic E-state index is 11.2. The van der Waals surface area contributed by atoms with E-state index in [0.717, 1.165) is 4.90 Å². The topological polar surface area (TPSA) is 77.8 Å². The van der Waals surface area contributed by atoms with Crippen LogP contribution in [0.5, 0.6) is 0 Å². The van der Waals surface area contributed by atoms with Crippen LogP contribution in [0.3, 0.4) is 0 Å². The van der Waals surface area contributed by atoms with Crippen molar-refractivity contribution in [1.82, 2.24) is 4.90 Å². The van der Waals surface area contributed by atoms with E-state index in [-0.39, 0.29) is 24.7 Å². The fourth-order valence-electron chi connectivity index (χ4n) is 0.927. The maximum Gasteiger partial charge on any atom is 0.407 e. The second-order valence-electron chi connectivity index (χ2n) is 3.64. The van der Waals surface area contributed by atoms with Gasteiger partial charge in [0, 0.05) is 19.4 Å². The van der Waals surface area contributed by atoms with Gasteiger partial charge in [0.2, 0.25) is 0 Å². The van der Waals surface area contributed by atoms with Crippen molar-refractivity contribution >= 4 is 11.9 Å². The van der Waals surface area contributed by atoms with Crippen LogP contribution in [-0.4, -0.2) is 46.7 Å². The Morgan fingerprint density at radius 2 is 1.86 bits per heavy atom. The standard InChI is InChI=1S/C9H17NO4/c1-6(2)8(12)4-7(11)5-10(3)9(13)14/h6-7,11H,4-5H2,1-3H3,(H,13,14). The van der Waals surface area contributed by atoms with Crippen LogP contribution < -0.4 is 0 Å². The Bertz CT molecular complexity index is 215. The first-order valence-corrected chi connectivity index (χ1v) is 4.49. The third-order valence-electron chi connectivity index (χ3n) is 1.89. The van der Waals surface area contributed by atoms with Crippen LogP contribution in [0.2, 0.25) is 0 Å². The Hall–Kier alpha value is -1.10. The Balaban J connectivity index is 3.92. The van der Waals surface area contributed by atoms with Crippen LogP contribution >= 0.6 is 0 Å². The second-order valence-corrected chi connectivity index (χ2v) is 3.64. The lowest BCUT2D eigenvalue weighted by Crippen LogP contribution is -2.34. The number of rotatable bonds is 5. The van der Waals surface area contributed by atoms with E-state index >= 15 is 0 Å². The summed E-state index contributed by atoms with van der Waals surface area (Å²) in [5, 5.41) is 17.9. The Morgan fingerprint density at radius 1 is 1.36 bits per heavy atom. The molecule has 5 nitrogen and oxygen atoms in total. The third-order valence-corrected chi connectivity index (χ3v) is 1.89. The molecule has 2 N–H and O–H groups in total. The molecule has 0 rings (SSSR count). The van der Waals surface area contributed by atoms with E-state index in [1.54, 1.807) is 13.8 Å². The number of nitrogens with zero attached hydrogens (tertiary/aromatic N) is 1. The van der Waals surface area contributed by atoms with Gasteiger partial charge in [-0.3, -0.25) is 4.79 Å². The molecule has 0 aliphatic heterocycles. The number of carboxylic acid groups (broad SMARTS) is 1. The molecular formula is C9H17NO4. The molecule has 14 heavy (non-hydrogen) atoms. The first-order valence-electron chi connectivity index (χ1n) is 4.49. The fourth-order valence-corrected chi connectivity index (χ4v) is 0.927. The van der Waals surface area contributed by atoms with Crippen LogP contribution in [0.4, 0.5) is 4.79 Å². The van der Waals surface area contributed by atoms with Gasteiger partial charge >= 0.3 is 6.09 Å². The summed E-state index contributed by atoms with van der Waals surface area (Å²) in [5.74, 6) is -0.184. The largest absolute Gasteiger partial charge is 0.465 e. The number of hydrogen-bond donors (Lipinski definition) is 2. The number of likely N-dealkylation sites (N-methyl/N-ethyl adjacent to an activating group) is 1. The maximum absolute atomic E-state index is 11.2. The highest BCUT2D eigenvalue weighted by molar-refractivity contribution is 5.80. The van der Waals surface area contributed by atoms with E-state index < -0.39 is 12.2 Å². The van der Waals surface area contributed by atoms with E-state index in [1.165, 1.54) is 7.05 Å². The molecule has 0 aromatic heterocycles. The predicted molar refractivity (Wildman–Crippen MR) is 51.1 cm³/mol. The van der Waals surface area contributed by atoms with Gasteiger partial charge in [-0.1, -0.05) is 13.8 Å². The van der Waals surface area contributed by atoms with Crippen molar-refractivity contribution in [2.45, 2.75) is 26.4 Å². The molecule has 0 radical (unpaired) electrons. The summed E-state index contributed by atoms with van der Waals surface area (Å²) in [6.45, 7) is 3.46. The highest BCUT2D eigenvalue weighted by atomic mass is 16.4. The first-order chi connectivity index (χ1) is 6.34. The average Bonchev–Trinajstić information content (AvgIpc) is 2.03. The van der Waals surface area contributed by atoms with Gasteiger partial charge in [-0.2, -0.15) is 0 Å². The highest BCUT2D eigenvalue weighted by Crippen LogP contribution is 2.03. The lowest BCUT2D eigenvalue weighted by molar-refractivity contribution is -0.124. The Morgan fingerprint density at radius 3 is 2.21 bits per heavy atom. The number of hydrogen-bond acceptors (Lipinski definition) is 3. The van der Waals surface area contributed by atoms with Crippen LogP contribution in [0.15, 0.2) is 0 Å². The van der Waals surface area contributed by atoms with Crippen molar-refractivity contribution in [1.29, 1.82) is 0 Å². The van der Waals surface area contributed by atoms with Crippen molar-refractivity contribution in [2.24, 2.45) is 5.92 Å². The molecule has 0 heterocycles. The zero-order chi connectivity index (χ0) is 11.3. The van der Waals surface area contributed by atoms with Crippen LogP contribution in [0, 0.1) is 5.92 Å². The van der Waals surface area contributed by atoms with E-state index in [1.807, 2.05) is 0 Å². The molecule has 1 unspecified atom stereocenters. The van der Waals surface area contributed by atoms with Gasteiger partial charge in [-0.05, 0) is 0 Å². The summed E-state index contributed by atoms with van der Waals surface area (Å²) in [6, 6.07) is 0. The highest BCUT2D eigenvalue weighted by Gasteiger charge is 2.17. The van der Waals surface area contributed by atoms with Crippen molar-refractivity contribution in [3.63, 3.8) is 0 Å². The van der Waals surface area contributed by atoms with Crippen LogP contribution in [0.25, 0.3) is 0 Å². The molecule has 0 fully saturated rings. The molecular weight excluding hydrogens is 186 g/mol. The molecule has 0 saturated carbocycles. The number of aliphatic hydroxyl groups excluding tert-OH is 1. The number of carbonyl (C=O) groups is 2. The molecule has 0 aromatic carbocycles. The van der Waals surface area contributed by atoms with E-state index in [2.05, 4.69) is 0 Å². The lowest BCUT2D eigenvalue weighted by Gasteiger charge is -2.17. The van der Waals surface area contributed by atoms with Gasteiger partial charge in [-0.15, -0.1) is 0 Å². The molecule has 0 spiro atoms. The van der Waals surface area contributed by atoms with Gasteiger partial charge in [0.25, 0.3) is 0 Å². The van der Waals surface area contributed by atoms with Gasteiger partial charge in [0.05, 0.1) is 12.6 Å². The van der Waals surface area contributed by atoms with Crippen LogP contribution in [-0.2, 0) is 4.79 Å². The minimum Gasteiger partial charge on any atom is -0.465 e. The molecule has 0 saturated heterocycles. The van der Waals surface area contributed by atoms with Gasteiger partial charge in [-0.25, -0.2) is 4.79 Å². The number of amides is 1. The quantitative estimate of drug-likeness (QED) is 0.684. The number of aliphatic hydroxyl groups is 1. The summed E-state index contributed by atoms with van der Waals surface area (Å²) in [5.41, 5.74) is 0. The smallest absolute Gasteiger partial charge is 0.407 e. The summed E-state index contributed by atoms with van der Waals surface area (Å²) in [7, 11) is 1.35. The minimum atomic E-state index is -1.11. The SMILES string of the molecule is CC(C)C(=O)CC(O)CN(C)C(=O)O. The molecule has 1 amide bonds. The molecule has 0 aliphatic rings. The summed E-state index contributed by atoms with van der Waals surface area (Å²) in [4.78, 5) is 22.5. The Kier molecular flexibility index (Phi) is 5.15. The second kappa shape index (κ2) is 5.59. The minimum absolute atomic E-state index is 0.00921. The van der Waals surface area contributed by atoms with Crippen molar-refractivity contribution in [3.05, 3.63) is 0 Å². The molecule has 1 atom stereocenters. The fraction of sp³-hybridized carbons (Fsp3) is 0.778. The van der Waals surface area contributed by atoms with Gasteiger partial charge < -0.3 is 15.1 Å². The summed E-state index contributed by atoms with van der Waals surface area (Å²) in [6.07, 6.45) is -2.01. The lowest BCUT2D eigenvalue weighted by atomic mass is 10.0. The summed E-state index contributed by atoms with van der Waals surface area (Å²) >= 11 is 0. The van der Waals surface area contributed by atoms with Crippen molar-refractivity contribution in [3.8, 4) is 0 Å². The van der Waals surface area contributed by atoms with E-state index in [0.29, 0.717) is 0 Å². The van der Waals surface area contributed by atoms with Crippen molar-refractivity contribution in [2.75, 3.05) is 13.6 Å². The third kappa shape index (κ3) is 4.81. The molecule has 0 bridgehead atoms. The molecule has 82 valence electrons. The van der Waals surface area contributed by atoms with Crippen LogP contribution in [0.1, 0.15) is 20.3 Å². The van der Waals surface area contributed by atoms with Gasteiger partial charge in [0.15, 0.2) is 0 Å². The monoisotopic (exact) mass is 203 g/mol. The normalized spacial score (nSPS) is 12.6. The zero-order valence-corrected chi connectivity index (χ0v) is 8.73. The number of Topliss-reactive ketones (excluding diaryl/α,β-unsaturated/α-hetero) is 1. The Labute approximate surface area is 83.3 Å². The molecule has 0 aliphatic carbocycles. The number of ketones is 1. The molecule has 0 aromatic rings. The predicted octanol–water partition coefficient (Wildman–Crippen LogP) is 0.572. The summed E-state index contributed by atoms with van der Waals surface area (Å²) < 4.78 is 0. The number of carbonyl (C=O) groups excluding carboxylic acids is 1. The van der Waals surface area contributed by atoms with Gasteiger partial charge in [0.1, 0.15) is 5.78 Å².